The predicted octanol–water partition coefficient (Wildman–Crippen LogP) is 3.39. The van der Waals surface area contributed by atoms with Gasteiger partial charge in [0, 0.05) is 0 Å². The van der Waals surface area contributed by atoms with Crippen molar-refractivity contribution in [2.24, 2.45) is 0 Å². The van der Waals surface area contributed by atoms with Gasteiger partial charge in [0.25, 0.3) is 0 Å². The quantitative estimate of drug-likeness (QED) is 0.909. The number of benzene rings is 2. The molecule has 3 rings (SSSR count). The molecule has 2 nitrogen and oxygen atoms in total. The van der Waals surface area contributed by atoms with Crippen LogP contribution < -0.4 is 0 Å². The first-order chi connectivity index (χ1) is 9.25. The molecule has 0 saturated heterocycles. The van der Waals surface area contributed by atoms with E-state index in [1.54, 1.807) is 0 Å². The van der Waals surface area contributed by atoms with Crippen molar-refractivity contribution in [2.75, 3.05) is 0 Å². The Hall–Kier alpha value is -2.09. The summed E-state index contributed by atoms with van der Waals surface area (Å²) in [5, 5.41) is 9.24. The van der Waals surface area contributed by atoms with Gasteiger partial charge in [-0.2, -0.15) is 0 Å². The van der Waals surface area contributed by atoms with Crippen molar-refractivity contribution < 1.29 is 9.90 Å². The summed E-state index contributed by atoms with van der Waals surface area (Å²) in [5.41, 5.74) is 4.81. The molecule has 0 radical (unpaired) electrons. The van der Waals surface area contributed by atoms with E-state index in [0.717, 1.165) is 24.8 Å². The first kappa shape index (κ1) is 12.0. The molecular weight excluding hydrogens is 236 g/mol. The van der Waals surface area contributed by atoms with E-state index in [9.17, 15) is 9.90 Å². The summed E-state index contributed by atoms with van der Waals surface area (Å²) in [4.78, 5) is 11.2. The molecule has 0 aromatic heterocycles. The van der Waals surface area contributed by atoms with Gasteiger partial charge >= 0.3 is 5.97 Å². The first-order valence-electron chi connectivity index (χ1n) is 6.63. The zero-order valence-electron chi connectivity index (χ0n) is 10.7. The van der Waals surface area contributed by atoms with E-state index in [1.165, 1.54) is 16.7 Å². The fourth-order valence-corrected chi connectivity index (χ4v) is 2.97. The minimum Gasteiger partial charge on any atom is -0.481 e. The van der Waals surface area contributed by atoms with E-state index in [0.29, 0.717) is 0 Å². The van der Waals surface area contributed by atoms with E-state index < -0.39 is 5.97 Å². The molecule has 0 heterocycles. The zero-order chi connectivity index (χ0) is 13.2. The minimum atomic E-state index is -0.699. The molecule has 1 aliphatic carbocycles. The van der Waals surface area contributed by atoms with Gasteiger partial charge in [-0.05, 0) is 41.5 Å². The lowest BCUT2D eigenvalue weighted by Crippen LogP contribution is -2.07. The number of rotatable bonds is 3. The van der Waals surface area contributed by atoms with Gasteiger partial charge in [-0.25, -0.2) is 0 Å². The van der Waals surface area contributed by atoms with Gasteiger partial charge in [-0.1, -0.05) is 48.5 Å². The number of carbonyl (C=O) groups is 1. The van der Waals surface area contributed by atoms with Crippen LogP contribution in [0.2, 0.25) is 0 Å². The summed E-state index contributed by atoms with van der Waals surface area (Å²) in [6, 6.07) is 16.4. The van der Waals surface area contributed by atoms with Crippen molar-refractivity contribution in [2.45, 2.75) is 25.2 Å². The molecule has 0 amide bonds. The van der Waals surface area contributed by atoms with Crippen LogP contribution in [0.5, 0.6) is 0 Å². The second-order valence-corrected chi connectivity index (χ2v) is 5.08. The normalized spacial score (nSPS) is 17.2. The first-order valence-corrected chi connectivity index (χ1v) is 6.63. The van der Waals surface area contributed by atoms with E-state index >= 15 is 0 Å². The summed E-state index contributed by atoms with van der Waals surface area (Å²) >= 11 is 0. The maximum atomic E-state index is 11.2. The Labute approximate surface area is 112 Å². The van der Waals surface area contributed by atoms with Gasteiger partial charge in [0.05, 0.1) is 5.92 Å². The lowest BCUT2D eigenvalue weighted by Gasteiger charge is -2.10. The molecule has 2 aromatic rings. The molecule has 1 aliphatic rings. The van der Waals surface area contributed by atoms with Gasteiger partial charge < -0.3 is 5.11 Å². The summed E-state index contributed by atoms with van der Waals surface area (Å²) in [7, 11) is 0. The fraction of sp³-hybridized carbons (Fsp3) is 0.235. The van der Waals surface area contributed by atoms with E-state index in [1.807, 2.05) is 30.3 Å². The second kappa shape index (κ2) is 4.88. The van der Waals surface area contributed by atoms with Gasteiger partial charge in [0.15, 0.2) is 0 Å². The average Bonchev–Trinajstić information content (AvgIpc) is 2.85. The molecule has 1 N–H and O–H groups in total. The van der Waals surface area contributed by atoms with Crippen molar-refractivity contribution in [1.82, 2.24) is 0 Å². The second-order valence-electron chi connectivity index (χ2n) is 5.08. The standard InChI is InChI=1S/C17H16O2/c18-17(19)16-10-9-14-13(7-4-8-15(14)16)11-12-5-2-1-3-6-12/h1-8,16H,9-11H2,(H,18,19). The van der Waals surface area contributed by atoms with Crippen LogP contribution in [0.25, 0.3) is 0 Å². The van der Waals surface area contributed by atoms with Crippen molar-refractivity contribution in [3.05, 3.63) is 70.8 Å². The average molecular weight is 252 g/mol. The third-order valence-corrected chi connectivity index (χ3v) is 3.90. The van der Waals surface area contributed by atoms with Crippen LogP contribution in [0.1, 0.15) is 34.6 Å². The minimum absolute atomic E-state index is 0.314. The number of fused-ring (bicyclic) bond motifs is 1. The van der Waals surface area contributed by atoms with E-state index in [2.05, 4.69) is 18.2 Å². The maximum Gasteiger partial charge on any atom is 0.310 e. The molecule has 19 heavy (non-hydrogen) atoms. The molecule has 0 spiro atoms. The van der Waals surface area contributed by atoms with Crippen LogP contribution >= 0.6 is 0 Å². The number of aliphatic carboxylic acids is 1. The molecule has 0 bridgehead atoms. The van der Waals surface area contributed by atoms with Crippen LogP contribution in [0.15, 0.2) is 48.5 Å². The van der Waals surface area contributed by atoms with Crippen molar-refractivity contribution >= 4 is 5.97 Å². The molecule has 0 saturated carbocycles. The SMILES string of the molecule is O=C(O)C1CCc2c(Cc3ccccc3)cccc21. The largest absolute Gasteiger partial charge is 0.481 e. The Balaban J connectivity index is 1.95. The maximum absolute atomic E-state index is 11.2. The highest BCUT2D eigenvalue weighted by molar-refractivity contribution is 5.78. The predicted molar refractivity (Wildman–Crippen MR) is 74.4 cm³/mol. The fourth-order valence-electron chi connectivity index (χ4n) is 2.97. The Morgan fingerprint density at radius 3 is 2.63 bits per heavy atom. The van der Waals surface area contributed by atoms with Crippen molar-refractivity contribution in [3.8, 4) is 0 Å². The van der Waals surface area contributed by atoms with Gasteiger partial charge in [0.1, 0.15) is 0 Å². The lowest BCUT2D eigenvalue weighted by atomic mass is 9.95. The monoisotopic (exact) mass is 252 g/mol. The Morgan fingerprint density at radius 2 is 1.89 bits per heavy atom. The third kappa shape index (κ3) is 2.26. The molecular formula is C17H16O2. The summed E-state index contributed by atoms with van der Waals surface area (Å²) in [5.74, 6) is -1.01. The van der Waals surface area contributed by atoms with E-state index in [4.69, 9.17) is 0 Å². The molecule has 2 heteroatoms. The highest BCUT2D eigenvalue weighted by Crippen LogP contribution is 2.35. The van der Waals surface area contributed by atoms with Crippen molar-refractivity contribution in [1.29, 1.82) is 0 Å². The number of hydrogen-bond acceptors (Lipinski definition) is 1. The van der Waals surface area contributed by atoms with Crippen LogP contribution in [-0.2, 0) is 17.6 Å². The van der Waals surface area contributed by atoms with Crippen LogP contribution in [-0.4, -0.2) is 11.1 Å². The van der Waals surface area contributed by atoms with Crippen LogP contribution in [0, 0.1) is 0 Å². The van der Waals surface area contributed by atoms with Gasteiger partial charge in [-0.3, -0.25) is 4.79 Å². The summed E-state index contributed by atoms with van der Waals surface area (Å²) in [6.07, 6.45) is 2.50. The molecule has 1 atom stereocenters. The lowest BCUT2D eigenvalue weighted by molar-refractivity contribution is -0.138. The summed E-state index contributed by atoms with van der Waals surface area (Å²) in [6.45, 7) is 0. The topological polar surface area (TPSA) is 37.3 Å². The zero-order valence-corrected chi connectivity index (χ0v) is 10.7. The molecule has 0 aliphatic heterocycles. The van der Waals surface area contributed by atoms with Gasteiger partial charge in [0.2, 0.25) is 0 Å². The number of hydrogen-bond donors (Lipinski definition) is 1. The Morgan fingerprint density at radius 1 is 1.11 bits per heavy atom. The highest BCUT2D eigenvalue weighted by Gasteiger charge is 2.29. The molecule has 1 unspecified atom stereocenters. The van der Waals surface area contributed by atoms with Crippen molar-refractivity contribution in [3.63, 3.8) is 0 Å². The Bertz CT molecular complexity index is 602. The highest BCUT2D eigenvalue weighted by atomic mass is 16.4. The van der Waals surface area contributed by atoms with Crippen LogP contribution in [0.3, 0.4) is 0 Å². The molecule has 0 fully saturated rings. The van der Waals surface area contributed by atoms with Crippen LogP contribution in [0.4, 0.5) is 0 Å². The Kier molecular flexibility index (Phi) is 3.08. The van der Waals surface area contributed by atoms with Gasteiger partial charge in [-0.15, -0.1) is 0 Å². The molecule has 2 aromatic carbocycles. The third-order valence-electron chi connectivity index (χ3n) is 3.90. The number of carboxylic acid groups (broad SMARTS) is 1. The smallest absolute Gasteiger partial charge is 0.310 e. The van der Waals surface area contributed by atoms with E-state index in [-0.39, 0.29) is 5.92 Å². The summed E-state index contributed by atoms with van der Waals surface area (Å²) < 4.78 is 0. The molecule has 96 valence electrons. The number of carboxylic acids is 1.